The van der Waals surface area contributed by atoms with Crippen LogP contribution in [0.15, 0.2) is 47.3 Å². The SMILES string of the molecule is CCCCCCn1nc(C(=O)OCC(=O)NCC(=O)Nc2cccc(C)c2C)c2ccccc2c1=O. The lowest BCUT2D eigenvalue weighted by molar-refractivity contribution is -0.126. The number of aromatic nitrogens is 2. The molecule has 3 aromatic rings. The van der Waals surface area contributed by atoms with E-state index in [1.165, 1.54) is 4.68 Å². The molecular formula is C27H32N4O5. The Bertz CT molecular complexity index is 1320. The smallest absolute Gasteiger partial charge is 0.359 e. The molecule has 0 aliphatic carbocycles. The molecule has 1 heterocycles. The maximum atomic E-state index is 12.8. The normalized spacial score (nSPS) is 10.8. The van der Waals surface area contributed by atoms with Crippen molar-refractivity contribution in [3.05, 3.63) is 69.6 Å². The van der Waals surface area contributed by atoms with Crippen molar-refractivity contribution >= 4 is 34.2 Å². The number of nitrogens with zero attached hydrogens (tertiary/aromatic N) is 2. The number of amides is 2. The molecule has 9 nitrogen and oxygen atoms in total. The van der Waals surface area contributed by atoms with Gasteiger partial charge in [-0.25, -0.2) is 9.48 Å². The number of rotatable bonds is 11. The van der Waals surface area contributed by atoms with E-state index in [0.717, 1.165) is 36.8 Å². The monoisotopic (exact) mass is 492 g/mol. The predicted octanol–water partition coefficient (Wildman–Crippen LogP) is 3.51. The summed E-state index contributed by atoms with van der Waals surface area (Å²) in [5.74, 6) is -1.84. The number of nitrogens with one attached hydrogen (secondary N) is 2. The van der Waals surface area contributed by atoms with Crippen molar-refractivity contribution < 1.29 is 19.1 Å². The van der Waals surface area contributed by atoms with Crippen LogP contribution in [-0.2, 0) is 20.9 Å². The van der Waals surface area contributed by atoms with Gasteiger partial charge in [-0.2, -0.15) is 5.10 Å². The van der Waals surface area contributed by atoms with Crippen LogP contribution >= 0.6 is 0 Å². The van der Waals surface area contributed by atoms with Crippen LogP contribution in [0.5, 0.6) is 0 Å². The lowest BCUT2D eigenvalue weighted by Gasteiger charge is -2.12. The number of carbonyl (C=O) groups excluding carboxylic acids is 3. The van der Waals surface area contributed by atoms with Crippen LogP contribution in [-0.4, -0.2) is 40.7 Å². The van der Waals surface area contributed by atoms with Crippen LogP contribution < -0.4 is 16.2 Å². The van der Waals surface area contributed by atoms with Crippen LogP contribution in [0.2, 0.25) is 0 Å². The van der Waals surface area contributed by atoms with E-state index in [1.54, 1.807) is 30.3 Å². The third-order valence-electron chi connectivity index (χ3n) is 5.94. The highest BCUT2D eigenvalue weighted by Gasteiger charge is 2.19. The molecule has 190 valence electrons. The van der Waals surface area contributed by atoms with Crippen molar-refractivity contribution in [2.75, 3.05) is 18.5 Å². The second-order valence-corrected chi connectivity index (χ2v) is 8.63. The van der Waals surface area contributed by atoms with Crippen LogP contribution in [0.1, 0.15) is 54.2 Å². The maximum absolute atomic E-state index is 12.8. The number of aryl methyl sites for hydroxylation is 2. The number of fused-ring (bicyclic) bond motifs is 1. The number of esters is 1. The molecule has 0 bridgehead atoms. The average Bonchev–Trinajstić information content (AvgIpc) is 2.88. The first-order valence-corrected chi connectivity index (χ1v) is 12.1. The summed E-state index contributed by atoms with van der Waals surface area (Å²) in [6.07, 6.45) is 3.83. The van der Waals surface area contributed by atoms with Gasteiger partial charge in [0.05, 0.1) is 11.9 Å². The zero-order valence-electron chi connectivity index (χ0n) is 20.9. The van der Waals surface area contributed by atoms with Crippen molar-refractivity contribution in [3.63, 3.8) is 0 Å². The topological polar surface area (TPSA) is 119 Å². The Balaban J connectivity index is 1.61. The summed E-state index contributed by atoms with van der Waals surface area (Å²) in [6.45, 7) is 5.48. The van der Waals surface area contributed by atoms with Crippen LogP contribution in [0.25, 0.3) is 10.8 Å². The van der Waals surface area contributed by atoms with Crippen molar-refractivity contribution in [3.8, 4) is 0 Å². The van der Waals surface area contributed by atoms with Gasteiger partial charge in [-0.1, -0.05) is 56.5 Å². The highest BCUT2D eigenvalue weighted by molar-refractivity contribution is 6.02. The van der Waals surface area contributed by atoms with Crippen LogP contribution in [0.3, 0.4) is 0 Å². The fourth-order valence-electron chi connectivity index (χ4n) is 3.74. The number of anilines is 1. The molecule has 0 spiro atoms. The van der Waals surface area contributed by atoms with E-state index in [4.69, 9.17) is 4.74 Å². The molecule has 0 aliphatic heterocycles. The molecular weight excluding hydrogens is 460 g/mol. The first kappa shape index (κ1) is 26.6. The van der Waals surface area contributed by atoms with Gasteiger partial charge in [0, 0.05) is 17.6 Å². The van der Waals surface area contributed by atoms with Gasteiger partial charge in [0.2, 0.25) is 5.91 Å². The molecule has 2 N–H and O–H groups in total. The molecule has 3 rings (SSSR count). The van der Waals surface area contributed by atoms with Gasteiger partial charge in [-0.05, 0) is 43.5 Å². The Morgan fingerprint density at radius 2 is 1.69 bits per heavy atom. The largest absolute Gasteiger partial charge is 0.451 e. The summed E-state index contributed by atoms with van der Waals surface area (Å²) in [7, 11) is 0. The van der Waals surface area contributed by atoms with Gasteiger partial charge in [-0.3, -0.25) is 14.4 Å². The molecule has 0 atom stereocenters. The summed E-state index contributed by atoms with van der Waals surface area (Å²) in [5.41, 5.74) is 2.35. The predicted molar refractivity (Wildman–Crippen MR) is 138 cm³/mol. The average molecular weight is 493 g/mol. The van der Waals surface area contributed by atoms with Gasteiger partial charge >= 0.3 is 5.97 Å². The molecule has 0 unspecified atom stereocenters. The Morgan fingerprint density at radius 1 is 0.944 bits per heavy atom. The first-order chi connectivity index (χ1) is 17.3. The molecule has 0 saturated carbocycles. The van der Waals surface area contributed by atoms with E-state index in [0.29, 0.717) is 23.0 Å². The minimum atomic E-state index is -0.816. The van der Waals surface area contributed by atoms with E-state index in [1.807, 2.05) is 26.0 Å². The fraction of sp³-hybridized carbons (Fsp3) is 0.370. The second-order valence-electron chi connectivity index (χ2n) is 8.63. The number of unbranched alkanes of at least 4 members (excludes halogenated alkanes) is 3. The third kappa shape index (κ3) is 6.78. The molecule has 0 saturated heterocycles. The minimum absolute atomic E-state index is 0.0267. The van der Waals surface area contributed by atoms with E-state index in [2.05, 4.69) is 22.7 Å². The second kappa shape index (κ2) is 12.6. The number of benzene rings is 2. The van der Waals surface area contributed by atoms with Crippen molar-refractivity contribution in [1.29, 1.82) is 0 Å². The zero-order chi connectivity index (χ0) is 26.1. The Labute approximate surface area is 209 Å². The Morgan fingerprint density at radius 3 is 2.44 bits per heavy atom. The third-order valence-corrected chi connectivity index (χ3v) is 5.94. The summed E-state index contributed by atoms with van der Waals surface area (Å²) >= 11 is 0. The van der Waals surface area contributed by atoms with E-state index in [-0.39, 0.29) is 17.8 Å². The van der Waals surface area contributed by atoms with Gasteiger partial charge in [0.15, 0.2) is 12.3 Å². The molecule has 0 aliphatic rings. The zero-order valence-corrected chi connectivity index (χ0v) is 20.9. The van der Waals surface area contributed by atoms with Crippen molar-refractivity contribution in [1.82, 2.24) is 15.1 Å². The standard InChI is InChI=1S/C27H32N4O5/c1-4-5-6-9-15-31-26(34)21-13-8-7-12-20(21)25(30-31)27(35)36-17-24(33)28-16-23(32)29-22-14-10-11-18(2)19(22)3/h7-8,10-14H,4-6,9,15-17H2,1-3H3,(H,28,33)(H,29,32). The maximum Gasteiger partial charge on any atom is 0.359 e. The molecule has 36 heavy (non-hydrogen) atoms. The highest BCUT2D eigenvalue weighted by Crippen LogP contribution is 2.18. The van der Waals surface area contributed by atoms with Crippen molar-refractivity contribution in [2.24, 2.45) is 0 Å². The summed E-state index contributed by atoms with van der Waals surface area (Å²) in [5, 5.41) is 10.2. The molecule has 1 aromatic heterocycles. The fourth-order valence-corrected chi connectivity index (χ4v) is 3.74. The minimum Gasteiger partial charge on any atom is -0.451 e. The molecule has 2 amide bonds. The number of hydrogen-bond donors (Lipinski definition) is 2. The first-order valence-electron chi connectivity index (χ1n) is 12.1. The molecule has 9 heteroatoms. The van der Waals surface area contributed by atoms with Crippen molar-refractivity contribution in [2.45, 2.75) is 53.0 Å². The Hall–Kier alpha value is -4.01. The van der Waals surface area contributed by atoms with Crippen LogP contribution in [0.4, 0.5) is 5.69 Å². The van der Waals surface area contributed by atoms with E-state index < -0.39 is 24.4 Å². The Kier molecular flexibility index (Phi) is 9.32. The van der Waals surface area contributed by atoms with Gasteiger partial charge < -0.3 is 15.4 Å². The van der Waals surface area contributed by atoms with E-state index in [9.17, 15) is 19.2 Å². The van der Waals surface area contributed by atoms with E-state index >= 15 is 0 Å². The summed E-state index contributed by atoms with van der Waals surface area (Å²) < 4.78 is 6.44. The molecule has 0 fully saturated rings. The van der Waals surface area contributed by atoms with Gasteiger partial charge in [0.1, 0.15) is 0 Å². The summed E-state index contributed by atoms with van der Waals surface area (Å²) in [4.78, 5) is 50.0. The number of ether oxygens (including phenoxy) is 1. The number of carbonyl (C=O) groups is 3. The molecule has 2 aromatic carbocycles. The van der Waals surface area contributed by atoms with Gasteiger partial charge in [-0.15, -0.1) is 0 Å². The lowest BCUT2D eigenvalue weighted by Crippen LogP contribution is -2.36. The summed E-state index contributed by atoms with van der Waals surface area (Å²) in [6, 6.07) is 12.2. The lowest BCUT2D eigenvalue weighted by atomic mass is 10.1. The van der Waals surface area contributed by atoms with Gasteiger partial charge in [0.25, 0.3) is 11.5 Å². The number of hydrogen-bond acceptors (Lipinski definition) is 6. The quantitative estimate of drug-likeness (QED) is 0.312. The van der Waals surface area contributed by atoms with Crippen LogP contribution in [0, 0.1) is 13.8 Å². The highest BCUT2D eigenvalue weighted by atomic mass is 16.5. The molecule has 0 radical (unpaired) electrons.